The van der Waals surface area contributed by atoms with E-state index in [1.165, 1.54) is 13.2 Å². The summed E-state index contributed by atoms with van der Waals surface area (Å²) in [7, 11) is 1.52. The first-order chi connectivity index (χ1) is 15.4. The van der Waals surface area contributed by atoms with E-state index in [9.17, 15) is 9.59 Å². The molecule has 2 aromatic heterocycles. The smallest absolute Gasteiger partial charge is 0.331 e. The van der Waals surface area contributed by atoms with Crippen molar-refractivity contribution in [3.8, 4) is 11.5 Å². The molecule has 0 atom stereocenters. The molecule has 3 aromatic rings. The number of nitrogens with one attached hydrogen (secondary N) is 1. The van der Waals surface area contributed by atoms with Gasteiger partial charge < -0.3 is 28.6 Å². The summed E-state index contributed by atoms with van der Waals surface area (Å²) in [4.78, 5) is 23.7. The molecule has 168 valence electrons. The number of amides is 1. The second kappa shape index (κ2) is 10.3. The van der Waals surface area contributed by atoms with Crippen molar-refractivity contribution < 1.29 is 32.8 Å². The van der Waals surface area contributed by atoms with Gasteiger partial charge in [0.05, 0.1) is 18.4 Å². The quantitative estimate of drug-likeness (QED) is 0.393. The lowest BCUT2D eigenvalue weighted by Gasteiger charge is -2.11. The second-order valence-corrected chi connectivity index (χ2v) is 6.81. The van der Waals surface area contributed by atoms with E-state index in [1.807, 2.05) is 13.8 Å². The Morgan fingerprint density at radius 3 is 2.56 bits per heavy atom. The van der Waals surface area contributed by atoms with Crippen molar-refractivity contribution >= 4 is 23.8 Å². The lowest BCUT2D eigenvalue weighted by Crippen LogP contribution is -2.20. The number of anilines is 1. The fourth-order valence-electron chi connectivity index (χ4n) is 2.72. The summed E-state index contributed by atoms with van der Waals surface area (Å²) < 4.78 is 26.1. The summed E-state index contributed by atoms with van der Waals surface area (Å²) in [6, 6.07) is 6.75. The summed E-state index contributed by atoms with van der Waals surface area (Å²) in [5, 5.41) is 9.99. The predicted molar refractivity (Wildman–Crippen MR) is 113 cm³/mol. The van der Waals surface area contributed by atoms with Gasteiger partial charge in [0.1, 0.15) is 18.1 Å². The van der Waals surface area contributed by atoms with Gasteiger partial charge in [-0.15, -0.1) is 0 Å². The maximum absolute atomic E-state index is 11.9. The molecular weight excluding hydrogens is 418 g/mol. The number of aryl methyl sites for hydroxylation is 3. The van der Waals surface area contributed by atoms with Crippen LogP contribution in [0.2, 0.25) is 0 Å². The molecule has 1 N–H and O–H groups in total. The van der Waals surface area contributed by atoms with Crippen molar-refractivity contribution in [3.05, 3.63) is 58.7 Å². The maximum Gasteiger partial charge on any atom is 0.331 e. The van der Waals surface area contributed by atoms with Gasteiger partial charge in [0.2, 0.25) is 0 Å². The first-order valence-corrected chi connectivity index (χ1v) is 9.66. The normalized spacial score (nSPS) is 10.9. The zero-order valence-corrected chi connectivity index (χ0v) is 18.1. The molecule has 0 fully saturated rings. The number of hydrogen-bond acceptors (Lipinski definition) is 9. The molecule has 0 bridgehead atoms. The van der Waals surface area contributed by atoms with Gasteiger partial charge in [0.25, 0.3) is 5.91 Å². The number of methoxy groups -OCH3 is 1. The van der Waals surface area contributed by atoms with Gasteiger partial charge in [-0.05, 0) is 44.5 Å². The molecule has 2 heterocycles. The van der Waals surface area contributed by atoms with E-state index in [1.54, 1.807) is 37.3 Å². The van der Waals surface area contributed by atoms with Crippen LogP contribution in [-0.2, 0) is 20.9 Å². The van der Waals surface area contributed by atoms with Crippen LogP contribution in [0.5, 0.6) is 11.5 Å². The number of rotatable bonds is 9. The van der Waals surface area contributed by atoms with E-state index in [-0.39, 0.29) is 12.4 Å². The molecule has 3 rings (SSSR count). The van der Waals surface area contributed by atoms with Gasteiger partial charge in [0, 0.05) is 12.1 Å². The van der Waals surface area contributed by atoms with Crippen molar-refractivity contribution in [3.63, 3.8) is 0 Å². The monoisotopic (exact) mass is 441 g/mol. The molecule has 10 heteroatoms. The Kier molecular flexibility index (Phi) is 7.27. The minimum absolute atomic E-state index is 0.253. The molecule has 0 aliphatic rings. The minimum atomic E-state index is -0.672. The van der Waals surface area contributed by atoms with E-state index < -0.39 is 18.5 Å². The fraction of sp³-hybridized carbons (Fsp3) is 0.273. The van der Waals surface area contributed by atoms with E-state index in [4.69, 9.17) is 23.3 Å². The van der Waals surface area contributed by atoms with E-state index >= 15 is 0 Å². The second-order valence-electron chi connectivity index (χ2n) is 6.81. The van der Waals surface area contributed by atoms with Gasteiger partial charge in [-0.25, -0.2) is 4.79 Å². The van der Waals surface area contributed by atoms with Crippen molar-refractivity contribution in [2.24, 2.45) is 0 Å². The molecule has 0 saturated carbocycles. The third kappa shape index (κ3) is 5.97. The number of esters is 1. The third-order valence-electron chi connectivity index (χ3n) is 4.39. The van der Waals surface area contributed by atoms with Crippen molar-refractivity contribution in [1.82, 2.24) is 10.3 Å². The van der Waals surface area contributed by atoms with Gasteiger partial charge in [0.15, 0.2) is 23.9 Å². The minimum Gasteiger partial charge on any atom is -0.493 e. The predicted octanol–water partition coefficient (Wildman–Crippen LogP) is 3.37. The largest absolute Gasteiger partial charge is 0.493 e. The zero-order chi connectivity index (χ0) is 23.1. The summed E-state index contributed by atoms with van der Waals surface area (Å²) in [5.74, 6) is 1.33. The number of carbonyl (C=O) groups excluding carboxylic acids is 2. The van der Waals surface area contributed by atoms with Crippen LogP contribution in [0.1, 0.15) is 28.3 Å². The number of ether oxygens (including phenoxy) is 3. The van der Waals surface area contributed by atoms with Crippen LogP contribution in [0.4, 0.5) is 5.82 Å². The third-order valence-corrected chi connectivity index (χ3v) is 4.39. The van der Waals surface area contributed by atoms with E-state index in [0.29, 0.717) is 28.6 Å². The molecule has 1 amide bonds. The summed E-state index contributed by atoms with van der Waals surface area (Å²) in [6.07, 6.45) is 2.76. The highest BCUT2D eigenvalue weighted by atomic mass is 16.5. The Hall–Kier alpha value is -4.08. The number of benzene rings is 1. The summed E-state index contributed by atoms with van der Waals surface area (Å²) in [6.45, 7) is 5.20. The Morgan fingerprint density at radius 2 is 1.91 bits per heavy atom. The lowest BCUT2D eigenvalue weighted by molar-refractivity contribution is -0.142. The highest BCUT2D eigenvalue weighted by molar-refractivity contribution is 5.94. The van der Waals surface area contributed by atoms with Crippen molar-refractivity contribution in [1.29, 1.82) is 0 Å². The SMILES string of the molecule is COc1cc(/C=C/C(=O)OCC(=O)Nc2cc(C)on2)ccc1OCc1c(C)noc1C. The Bertz CT molecular complexity index is 1110. The molecule has 32 heavy (non-hydrogen) atoms. The number of nitrogens with zero attached hydrogens (tertiary/aromatic N) is 2. The van der Waals surface area contributed by atoms with Gasteiger partial charge in [-0.1, -0.05) is 16.4 Å². The lowest BCUT2D eigenvalue weighted by atomic mass is 10.2. The molecule has 0 aliphatic carbocycles. The van der Waals surface area contributed by atoms with E-state index in [2.05, 4.69) is 15.6 Å². The molecular formula is C22H23N3O7. The van der Waals surface area contributed by atoms with Crippen LogP contribution < -0.4 is 14.8 Å². The maximum atomic E-state index is 11.9. The van der Waals surface area contributed by atoms with E-state index in [0.717, 1.165) is 11.3 Å². The van der Waals surface area contributed by atoms with Gasteiger partial charge >= 0.3 is 5.97 Å². The average molecular weight is 441 g/mol. The molecule has 10 nitrogen and oxygen atoms in total. The molecule has 0 saturated heterocycles. The molecule has 0 unspecified atom stereocenters. The standard InChI is InChI=1S/C22H23N3O7/c1-13-9-20(25-31-13)23-21(26)12-30-22(27)8-6-16-5-7-18(19(10-16)28-4)29-11-17-14(2)24-32-15(17)3/h5-10H,11-12H2,1-4H3,(H,23,25,26)/b8-6+. The van der Waals surface area contributed by atoms with Crippen molar-refractivity contribution in [2.75, 3.05) is 19.0 Å². The fourth-order valence-corrected chi connectivity index (χ4v) is 2.72. The van der Waals surface area contributed by atoms with Crippen LogP contribution >= 0.6 is 0 Å². The first kappa shape index (κ1) is 22.6. The Morgan fingerprint density at radius 1 is 1.09 bits per heavy atom. The summed E-state index contributed by atoms with van der Waals surface area (Å²) >= 11 is 0. The van der Waals surface area contributed by atoms with Crippen LogP contribution in [0.3, 0.4) is 0 Å². The van der Waals surface area contributed by atoms with Crippen molar-refractivity contribution in [2.45, 2.75) is 27.4 Å². The van der Waals surface area contributed by atoms with Crippen LogP contribution in [0.25, 0.3) is 6.08 Å². The van der Waals surface area contributed by atoms with Gasteiger partial charge in [-0.3, -0.25) is 4.79 Å². The highest BCUT2D eigenvalue weighted by Crippen LogP contribution is 2.30. The molecule has 0 aliphatic heterocycles. The highest BCUT2D eigenvalue weighted by Gasteiger charge is 2.12. The average Bonchev–Trinajstić information content (AvgIpc) is 3.33. The molecule has 1 aromatic carbocycles. The zero-order valence-electron chi connectivity index (χ0n) is 18.1. The van der Waals surface area contributed by atoms with Gasteiger partial charge in [-0.2, -0.15) is 0 Å². The Balaban J connectivity index is 1.53. The molecule has 0 spiro atoms. The number of aromatic nitrogens is 2. The molecule has 0 radical (unpaired) electrons. The number of carbonyl (C=O) groups is 2. The van der Waals surface area contributed by atoms with Crippen LogP contribution in [0.15, 0.2) is 39.4 Å². The Labute approximate surface area is 184 Å². The van der Waals surface area contributed by atoms with Crippen LogP contribution in [-0.4, -0.2) is 35.9 Å². The first-order valence-electron chi connectivity index (χ1n) is 9.66. The number of hydrogen-bond donors (Lipinski definition) is 1. The summed E-state index contributed by atoms with van der Waals surface area (Å²) in [5.41, 5.74) is 2.33. The van der Waals surface area contributed by atoms with Crippen LogP contribution in [0, 0.1) is 20.8 Å². The topological polar surface area (TPSA) is 126 Å².